The zero-order valence-electron chi connectivity index (χ0n) is 19.1. The minimum atomic E-state index is -0.408. The normalized spacial score (nSPS) is 25.2. The molecular weight excluding hydrogens is 404 g/mol. The molecule has 2 bridgehead atoms. The molecular formula is C26H34N2O4. The van der Waals surface area contributed by atoms with Crippen molar-refractivity contribution in [1.82, 2.24) is 4.90 Å². The molecule has 0 aliphatic carbocycles. The lowest BCUT2D eigenvalue weighted by molar-refractivity contribution is -0.156. The highest BCUT2D eigenvalue weighted by Crippen LogP contribution is 2.40. The van der Waals surface area contributed by atoms with Gasteiger partial charge < -0.3 is 15.2 Å². The number of carbonyl (C=O) groups is 2. The van der Waals surface area contributed by atoms with Gasteiger partial charge in [0.15, 0.2) is 0 Å². The van der Waals surface area contributed by atoms with Gasteiger partial charge in [0.1, 0.15) is 12.0 Å². The molecule has 2 aromatic rings. The lowest BCUT2D eigenvalue weighted by atomic mass is 9.87. The number of ether oxygens (including phenoxy) is 2. The maximum atomic E-state index is 12.3. The Kier molecular flexibility index (Phi) is 8.42. The Morgan fingerprint density at radius 2 is 1.69 bits per heavy atom. The molecule has 0 saturated carbocycles. The molecule has 0 amide bonds. The topological polar surface area (TPSA) is 81.9 Å². The van der Waals surface area contributed by atoms with E-state index >= 15 is 0 Å². The Bertz CT molecular complexity index is 872. The van der Waals surface area contributed by atoms with Crippen molar-refractivity contribution in [2.75, 3.05) is 14.2 Å². The molecule has 172 valence electrons. The van der Waals surface area contributed by atoms with Crippen LogP contribution in [0.25, 0.3) is 0 Å². The fourth-order valence-corrected chi connectivity index (χ4v) is 4.75. The monoisotopic (exact) mass is 438 g/mol. The van der Waals surface area contributed by atoms with Crippen LogP contribution in [0, 0.1) is 5.92 Å². The first-order valence-corrected chi connectivity index (χ1v) is 11.3. The van der Waals surface area contributed by atoms with Gasteiger partial charge in [0.2, 0.25) is 0 Å². The third-order valence-electron chi connectivity index (χ3n) is 6.36. The van der Waals surface area contributed by atoms with Crippen LogP contribution in [0.2, 0.25) is 0 Å². The van der Waals surface area contributed by atoms with Gasteiger partial charge in [-0.2, -0.15) is 0 Å². The first kappa shape index (κ1) is 24.0. The molecule has 2 aliphatic rings. The number of piperidine rings is 1. The standard InChI is InChI=1S/C17H21NO4.C9H13N/c1-18-12-8-9-13(18)15(17(20)21-2)14(10-12)22-16(19)11-6-4-3-5-7-11;1-8(10)7-9-5-3-2-4-6-9/h3-7,12-15H,8-10H2,1-2H3;2-6,8H,7,10H2,1H3/t12-,13+,14-,15+;/m0./s1. The third-order valence-corrected chi connectivity index (χ3v) is 6.36. The second-order valence-electron chi connectivity index (χ2n) is 8.73. The Labute approximate surface area is 190 Å². The molecule has 2 saturated heterocycles. The van der Waals surface area contributed by atoms with Gasteiger partial charge in [-0.25, -0.2) is 4.79 Å². The van der Waals surface area contributed by atoms with Crippen LogP contribution in [-0.2, 0) is 20.7 Å². The van der Waals surface area contributed by atoms with Crippen LogP contribution < -0.4 is 5.73 Å². The summed E-state index contributed by atoms with van der Waals surface area (Å²) in [6.07, 6.45) is 3.23. The van der Waals surface area contributed by atoms with E-state index in [0.717, 1.165) is 19.3 Å². The largest absolute Gasteiger partial charge is 0.469 e. The van der Waals surface area contributed by atoms with Gasteiger partial charge in [0, 0.05) is 24.5 Å². The van der Waals surface area contributed by atoms with Crippen LogP contribution in [0.5, 0.6) is 0 Å². The van der Waals surface area contributed by atoms with E-state index in [1.165, 1.54) is 12.7 Å². The first-order valence-electron chi connectivity index (χ1n) is 11.3. The number of benzene rings is 2. The van der Waals surface area contributed by atoms with Gasteiger partial charge in [-0.1, -0.05) is 48.5 Å². The Balaban J connectivity index is 0.000000243. The van der Waals surface area contributed by atoms with Gasteiger partial charge in [-0.3, -0.25) is 9.69 Å². The van der Waals surface area contributed by atoms with Crippen LogP contribution >= 0.6 is 0 Å². The number of methoxy groups -OCH3 is 1. The molecule has 1 unspecified atom stereocenters. The number of hydrogen-bond acceptors (Lipinski definition) is 6. The summed E-state index contributed by atoms with van der Waals surface area (Å²) in [7, 11) is 3.42. The van der Waals surface area contributed by atoms with E-state index in [4.69, 9.17) is 15.2 Å². The van der Waals surface area contributed by atoms with E-state index in [-0.39, 0.29) is 24.0 Å². The fourth-order valence-electron chi connectivity index (χ4n) is 4.75. The quantitative estimate of drug-likeness (QED) is 0.720. The molecule has 6 heteroatoms. The van der Waals surface area contributed by atoms with Crippen molar-refractivity contribution in [3.63, 3.8) is 0 Å². The average Bonchev–Trinajstić information content (AvgIpc) is 3.03. The number of carbonyl (C=O) groups excluding carboxylic acids is 2. The molecule has 2 aromatic carbocycles. The van der Waals surface area contributed by atoms with Gasteiger partial charge in [-0.05, 0) is 50.9 Å². The number of rotatable bonds is 5. The minimum Gasteiger partial charge on any atom is -0.469 e. The van der Waals surface area contributed by atoms with Crippen LogP contribution in [-0.4, -0.2) is 55.2 Å². The predicted octanol–water partition coefficient (Wildman–Crippen LogP) is 3.44. The lowest BCUT2D eigenvalue weighted by Crippen LogP contribution is -2.53. The van der Waals surface area contributed by atoms with Gasteiger partial charge in [0.05, 0.1) is 12.7 Å². The molecule has 2 heterocycles. The highest BCUT2D eigenvalue weighted by molar-refractivity contribution is 5.89. The van der Waals surface area contributed by atoms with Crippen LogP contribution in [0.4, 0.5) is 0 Å². The van der Waals surface area contributed by atoms with Crippen molar-refractivity contribution in [2.45, 2.75) is 56.8 Å². The number of nitrogens with two attached hydrogens (primary N) is 1. The van der Waals surface area contributed by atoms with E-state index in [9.17, 15) is 9.59 Å². The molecule has 0 spiro atoms. The van der Waals surface area contributed by atoms with E-state index in [1.54, 1.807) is 24.3 Å². The number of fused-ring (bicyclic) bond motifs is 2. The zero-order chi connectivity index (χ0) is 23.1. The minimum absolute atomic E-state index is 0.0970. The summed E-state index contributed by atoms with van der Waals surface area (Å²) < 4.78 is 10.6. The number of esters is 2. The first-order chi connectivity index (χ1) is 15.4. The van der Waals surface area contributed by atoms with Crippen molar-refractivity contribution >= 4 is 11.9 Å². The highest BCUT2D eigenvalue weighted by Gasteiger charge is 2.50. The van der Waals surface area contributed by atoms with Crippen LogP contribution in [0.1, 0.15) is 42.1 Å². The average molecular weight is 439 g/mol. The Morgan fingerprint density at radius 1 is 1.06 bits per heavy atom. The molecule has 2 aliphatic heterocycles. The Morgan fingerprint density at radius 3 is 2.28 bits per heavy atom. The summed E-state index contributed by atoms with van der Waals surface area (Å²) >= 11 is 0. The SMILES string of the molecule is CC(N)Cc1ccccc1.COC(=O)[C@H]1[C@@H](OC(=O)c2ccccc2)C[C@@H]2CC[C@H]1N2C. The predicted molar refractivity (Wildman–Crippen MR) is 124 cm³/mol. The second kappa shape index (κ2) is 11.2. The molecule has 0 radical (unpaired) electrons. The molecule has 2 fully saturated rings. The van der Waals surface area contributed by atoms with E-state index < -0.39 is 12.0 Å². The van der Waals surface area contributed by atoms with Crippen molar-refractivity contribution in [1.29, 1.82) is 0 Å². The fraction of sp³-hybridized carbons (Fsp3) is 0.462. The maximum Gasteiger partial charge on any atom is 0.338 e. The highest BCUT2D eigenvalue weighted by atomic mass is 16.6. The van der Waals surface area contributed by atoms with Crippen LogP contribution in [0.15, 0.2) is 60.7 Å². The summed E-state index contributed by atoms with van der Waals surface area (Å²) in [5, 5.41) is 0. The number of hydrogen-bond donors (Lipinski definition) is 1. The van der Waals surface area contributed by atoms with Crippen molar-refractivity contribution in [2.24, 2.45) is 11.7 Å². The second-order valence-corrected chi connectivity index (χ2v) is 8.73. The third kappa shape index (κ3) is 5.96. The molecule has 32 heavy (non-hydrogen) atoms. The van der Waals surface area contributed by atoms with Gasteiger partial charge >= 0.3 is 11.9 Å². The van der Waals surface area contributed by atoms with Crippen molar-refractivity contribution < 1.29 is 19.1 Å². The molecule has 5 atom stereocenters. The van der Waals surface area contributed by atoms with E-state index in [2.05, 4.69) is 17.0 Å². The van der Waals surface area contributed by atoms with Crippen molar-refractivity contribution in [3.05, 3.63) is 71.8 Å². The zero-order valence-corrected chi connectivity index (χ0v) is 19.1. The summed E-state index contributed by atoms with van der Waals surface area (Å²) in [4.78, 5) is 26.7. The van der Waals surface area contributed by atoms with Crippen molar-refractivity contribution in [3.8, 4) is 0 Å². The lowest BCUT2D eigenvalue weighted by Gasteiger charge is -2.40. The Hall–Kier alpha value is -2.70. The molecule has 4 rings (SSSR count). The van der Waals surface area contributed by atoms with Crippen LogP contribution in [0.3, 0.4) is 0 Å². The van der Waals surface area contributed by atoms with E-state index in [1.807, 2.05) is 38.2 Å². The summed E-state index contributed by atoms with van der Waals surface area (Å²) in [6.45, 7) is 2.02. The molecule has 6 nitrogen and oxygen atoms in total. The van der Waals surface area contributed by atoms with E-state index in [0.29, 0.717) is 18.0 Å². The molecule has 0 aromatic heterocycles. The summed E-state index contributed by atoms with van der Waals surface area (Å²) in [5.41, 5.74) is 7.45. The summed E-state index contributed by atoms with van der Waals surface area (Å²) in [6, 6.07) is 19.9. The van der Waals surface area contributed by atoms with Gasteiger partial charge in [0.25, 0.3) is 0 Å². The maximum absolute atomic E-state index is 12.3. The summed E-state index contributed by atoms with van der Waals surface area (Å²) in [5.74, 6) is -1.06. The number of nitrogens with zero attached hydrogens (tertiary/aromatic N) is 1. The van der Waals surface area contributed by atoms with Gasteiger partial charge in [-0.15, -0.1) is 0 Å². The smallest absolute Gasteiger partial charge is 0.338 e. The molecule has 2 N–H and O–H groups in total.